The molecule has 3 nitrogen and oxygen atoms in total. The maximum atomic E-state index is 5.70. The monoisotopic (exact) mass is 295 g/mol. The summed E-state index contributed by atoms with van der Waals surface area (Å²) in [6, 6.07) is 7.58. The van der Waals surface area contributed by atoms with Gasteiger partial charge in [0.15, 0.2) is 0 Å². The molecule has 0 saturated carbocycles. The Morgan fingerprint density at radius 1 is 1.15 bits per heavy atom. The highest BCUT2D eigenvalue weighted by atomic mass is 32.1. The Kier molecular flexibility index (Phi) is 8.23. The molecule has 0 bridgehead atoms. The summed E-state index contributed by atoms with van der Waals surface area (Å²) in [4.78, 5) is 0.366. The van der Waals surface area contributed by atoms with Gasteiger partial charge >= 0.3 is 0 Å². The first-order chi connectivity index (χ1) is 9.61. The molecule has 1 rings (SSSR count). The van der Waals surface area contributed by atoms with Crippen molar-refractivity contribution in [2.24, 2.45) is 11.7 Å². The number of hydrogen-bond acceptors (Lipinski definition) is 3. The molecular formula is C16H25NO2S. The average Bonchev–Trinajstić information content (AvgIpc) is 2.41. The van der Waals surface area contributed by atoms with E-state index in [0.717, 1.165) is 43.3 Å². The molecule has 0 amide bonds. The molecule has 0 aliphatic heterocycles. The van der Waals surface area contributed by atoms with Gasteiger partial charge in [-0.1, -0.05) is 38.2 Å². The van der Waals surface area contributed by atoms with Crippen molar-refractivity contribution in [2.75, 3.05) is 19.8 Å². The zero-order chi connectivity index (χ0) is 14.8. The van der Waals surface area contributed by atoms with Crippen molar-refractivity contribution in [2.45, 2.75) is 33.1 Å². The van der Waals surface area contributed by atoms with E-state index in [0.29, 0.717) is 11.6 Å². The van der Waals surface area contributed by atoms with Gasteiger partial charge in [-0.15, -0.1) is 0 Å². The summed E-state index contributed by atoms with van der Waals surface area (Å²) in [5.41, 5.74) is 6.44. The van der Waals surface area contributed by atoms with Crippen molar-refractivity contribution in [3.05, 3.63) is 29.8 Å². The van der Waals surface area contributed by atoms with Gasteiger partial charge < -0.3 is 15.2 Å². The molecule has 0 aliphatic rings. The Hall–Kier alpha value is -1.13. The lowest BCUT2D eigenvalue weighted by molar-refractivity contribution is 0.114. The third-order valence-corrected chi connectivity index (χ3v) is 3.13. The first-order valence-corrected chi connectivity index (χ1v) is 7.61. The first-order valence-electron chi connectivity index (χ1n) is 7.20. The number of para-hydroxylation sites is 1. The maximum absolute atomic E-state index is 5.70. The fourth-order valence-electron chi connectivity index (χ4n) is 1.83. The Morgan fingerprint density at radius 3 is 2.55 bits per heavy atom. The fourth-order valence-corrected chi connectivity index (χ4v) is 2.00. The number of rotatable bonds is 10. The molecule has 1 aromatic carbocycles. The highest BCUT2D eigenvalue weighted by Gasteiger charge is 2.04. The summed E-state index contributed by atoms with van der Waals surface area (Å²) in [5.74, 6) is 1.50. The molecule has 0 fully saturated rings. The van der Waals surface area contributed by atoms with E-state index in [1.807, 2.05) is 24.3 Å². The van der Waals surface area contributed by atoms with Crippen molar-refractivity contribution in [3.8, 4) is 5.75 Å². The molecule has 0 atom stereocenters. The predicted molar refractivity (Wildman–Crippen MR) is 87.3 cm³/mol. The second kappa shape index (κ2) is 9.72. The zero-order valence-electron chi connectivity index (χ0n) is 12.4. The van der Waals surface area contributed by atoms with Crippen molar-refractivity contribution < 1.29 is 9.47 Å². The molecule has 0 heterocycles. The minimum atomic E-state index is 0.366. The van der Waals surface area contributed by atoms with Crippen molar-refractivity contribution in [1.82, 2.24) is 0 Å². The van der Waals surface area contributed by atoms with Gasteiger partial charge in [0.1, 0.15) is 10.7 Å². The molecule has 0 radical (unpaired) electrons. The van der Waals surface area contributed by atoms with E-state index in [1.165, 1.54) is 6.42 Å². The van der Waals surface area contributed by atoms with Crippen molar-refractivity contribution >= 4 is 17.2 Å². The van der Waals surface area contributed by atoms with Crippen LogP contribution in [0.4, 0.5) is 0 Å². The van der Waals surface area contributed by atoms with Gasteiger partial charge in [-0.2, -0.15) is 0 Å². The molecule has 4 heteroatoms. The molecule has 1 aromatic rings. The molecule has 0 aliphatic carbocycles. The van der Waals surface area contributed by atoms with Crippen LogP contribution in [0.25, 0.3) is 0 Å². The Labute approximate surface area is 127 Å². The van der Waals surface area contributed by atoms with Crippen LogP contribution in [0.5, 0.6) is 5.75 Å². The lowest BCUT2D eigenvalue weighted by Gasteiger charge is -2.10. The number of hydrogen-bond donors (Lipinski definition) is 1. The van der Waals surface area contributed by atoms with Crippen LogP contribution in [0.1, 0.15) is 38.7 Å². The van der Waals surface area contributed by atoms with Gasteiger partial charge in [0.05, 0.1) is 12.2 Å². The van der Waals surface area contributed by atoms with E-state index in [-0.39, 0.29) is 0 Å². The summed E-state index contributed by atoms with van der Waals surface area (Å²) in [6.45, 7) is 6.64. The van der Waals surface area contributed by atoms with Gasteiger partial charge in [-0.25, -0.2) is 0 Å². The van der Waals surface area contributed by atoms with Crippen LogP contribution in [0.3, 0.4) is 0 Å². The van der Waals surface area contributed by atoms with Gasteiger partial charge in [0.2, 0.25) is 0 Å². The van der Waals surface area contributed by atoms with Gasteiger partial charge in [-0.05, 0) is 30.9 Å². The summed E-state index contributed by atoms with van der Waals surface area (Å²) in [5, 5.41) is 0. The lowest BCUT2D eigenvalue weighted by Crippen LogP contribution is -2.12. The highest BCUT2D eigenvalue weighted by molar-refractivity contribution is 7.80. The number of thiocarbonyl (C=S) groups is 1. The Bertz CT molecular complexity index is 407. The molecule has 0 unspecified atom stereocenters. The molecule has 0 spiro atoms. The van der Waals surface area contributed by atoms with Gasteiger partial charge in [0.25, 0.3) is 0 Å². The minimum absolute atomic E-state index is 0.366. The van der Waals surface area contributed by atoms with E-state index < -0.39 is 0 Å². The van der Waals surface area contributed by atoms with Crippen molar-refractivity contribution in [3.63, 3.8) is 0 Å². The summed E-state index contributed by atoms with van der Waals surface area (Å²) >= 11 is 4.99. The predicted octanol–water partition coefficient (Wildman–Crippen LogP) is 3.54. The summed E-state index contributed by atoms with van der Waals surface area (Å²) < 4.78 is 11.3. The second-order valence-corrected chi connectivity index (χ2v) is 5.65. The second-order valence-electron chi connectivity index (χ2n) is 5.21. The van der Waals surface area contributed by atoms with Gasteiger partial charge in [-0.3, -0.25) is 0 Å². The van der Waals surface area contributed by atoms with Crippen LogP contribution in [0, 0.1) is 5.92 Å². The topological polar surface area (TPSA) is 44.5 Å². The minimum Gasteiger partial charge on any atom is -0.493 e. The smallest absolute Gasteiger partial charge is 0.129 e. The fraction of sp³-hybridized carbons (Fsp3) is 0.562. The number of benzene rings is 1. The van der Waals surface area contributed by atoms with E-state index in [4.69, 9.17) is 27.4 Å². The Morgan fingerprint density at radius 2 is 1.85 bits per heavy atom. The Balaban J connectivity index is 2.14. The summed E-state index contributed by atoms with van der Waals surface area (Å²) in [6.07, 6.45) is 3.22. The molecule has 0 saturated heterocycles. The van der Waals surface area contributed by atoms with E-state index in [9.17, 15) is 0 Å². The number of ether oxygens (including phenoxy) is 2. The van der Waals surface area contributed by atoms with E-state index >= 15 is 0 Å². The van der Waals surface area contributed by atoms with Crippen LogP contribution >= 0.6 is 12.2 Å². The first kappa shape index (κ1) is 16.9. The molecular weight excluding hydrogens is 270 g/mol. The van der Waals surface area contributed by atoms with Crippen molar-refractivity contribution in [1.29, 1.82) is 0 Å². The number of nitrogens with two attached hydrogens (primary N) is 1. The third-order valence-electron chi connectivity index (χ3n) is 2.91. The molecule has 20 heavy (non-hydrogen) atoms. The van der Waals surface area contributed by atoms with Crippen LogP contribution in [-0.2, 0) is 4.74 Å². The normalized spacial score (nSPS) is 10.8. The van der Waals surface area contributed by atoms with Crippen LogP contribution in [0.15, 0.2) is 24.3 Å². The molecule has 2 N–H and O–H groups in total. The zero-order valence-corrected chi connectivity index (χ0v) is 13.2. The lowest BCUT2D eigenvalue weighted by atomic mass is 10.1. The van der Waals surface area contributed by atoms with Gasteiger partial charge in [0, 0.05) is 19.6 Å². The van der Waals surface area contributed by atoms with E-state index in [1.54, 1.807) is 0 Å². The third kappa shape index (κ3) is 6.87. The standard InChI is InChI=1S/C16H25NO2S/c1-13(2)7-5-10-18-11-6-12-19-15-9-4-3-8-14(15)16(17)20/h3-4,8-9,13H,5-7,10-12H2,1-2H3,(H2,17,20). The largest absolute Gasteiger partial charge is 0.493 e. The maximum Gasteiger partial charge on any atom is 0.129 e. The SMILES string of the molecule is CC(C)CCCOCCCOc1ccccc1C(N)=S. The van der Waals surface area contributed by atoms with Crippen LogP contribution in [-0.4, -0.2) is 24.8 Å². The van der Waals surface area contributed by atoms with Crippen LogP contribution < -0.4 is 10.5 Å². The van der Waals surface area contributed by atoms with Crippen LogP contribution in [0.2, 0.25) is 0 Å². The molecule has 112 valence electrons. The average molecular weight is 295 g/mol. The quantitative estimate of drug-likeness (QED) is 0.529. The highest BCUT2D eigenvalue weighted by Crippen LogP contribution is 2.17. The molecule has 0 aromatic heterocycles. The summed E-state index contributed by atoms with van der Waals surface area (Å²) in [7, 11) is 0. The van der Waals surface area contributed by atoms with E-state index in [2.05, 4.69) is 13.8 Å².